The first kappa shape index (κ1) is 21.1. The molecule has 0 saturated carbocycles. The average molecular weight is 447 g/mol. The van der Waals surface area contributed by atoms with Crippen molar-refractivity contribution in [1.82, 2.24) is 15.1 Å². The number of rotatable bonds is 8. The molecule has 0 atom stereocenters. The molecule has 0 radical (unpaired) electrons. The van der Waals surface area contributed by atoms with Crippen LogP contribution in [0.5, 0.6) is 0 Å². The summed E-state index contributed by atoms with van der Waals surface area (Å²) in [5.74, 6) is -0.295. The lowest BCUT2D eigenvalue weighted by Gasteiger charge is -2.32. The van der Waals surface area contributed by atoms with Crippen LogP contribution in [0.15, 0.2) is 28.7 Å². The molecule has 0 unspecified atom stereocenters. The van der Waals surface area contributed by atoms with E-state index in [1.54, 1.807) is 24.3 Å². The molecule has 1 saturated heterocycles. The Kier molecular flexibility index (Phi) is 7.87. The molecule has 1 aliphatic heterocycles. The number of benzene rings is 1. The van der Waals surface area contributed by atoms with Gasteiger partial charge in [0.1, 0.15) is 6.54 Å². The van der Waals surface area contributed by atoms with E-state index in [1.807, 2.05) is 0 Å². The monoisotopic (exact) mass is 446 g/mol. The van der Waals surface area contributed by atoms with Gasteiger partial charge in [-0.15, -0.1) is 0 Å². The van der Waals surface area contributed by atoms with Gasteiger partial charge in [0.15, 0.2) is 0 Å². The Morgan fingerprint density at radius 1 is 1.19 bits per heavy atom. The van der Waals surface area contributed by atoms with Crippen molar-refractivity contribution in [2.24, 2.45) is 0 Å². The van der Waals surface area contributed by atoms with Gasteiger partial charge in [-0.25, -0.2) is 8.42 Å². The van der Waals surface area contributed by atoms with Crippen LogP contribution in [-0.2, 0) is 14.8 Å². The van der Waals surface area contributed by atoms with Crippen molar-refractivity contribution in [3.05, 3.63) is 28.7 Å². The summed E-state index contributed by atoms with van der Waals surface area (Å²) in [4.78, 5) is 16.9. The maximum atomic E-state index is 12.2. The number of carbonyl (C=O) groups is 1. The summed E-state index contributed by atoms with van der Waals surface area (Å²) in [7, 11) is -1.41. The topological polar surface area (TPSA) is 73.0 Å². The lowest BCUT2D eigenvalue weighted by atomic mass is 10.3. The standard InChI is InChI=1S/C17H27BrN4O3S/c1-20-10-12-21(13-11-20)9-3-8-19-17(23)14-22(26(2,24)25)16-6-4-15(18)5-7-16/h4-7H,3,8-14H2,1-2H3,(H,19,23). The van der Waals surface area contributed by atoms with E-state index in [-0.39, 0.29) is 12.5 Å². The number of hydrogen-bond acceptors (Lipinski definition) is 5. The number of likely N-dealkylation sites (N-methyl/N-ethyl adjacent to an activating group) is 1. The minimum atomic E-state index is -3.53. The molecule has 0 aliphatic carbocycles. The fraction of sp³-hybridized carbons (Fsp3) is 0.588. The first-order valence-electron chi connectivity index (χ1n) is 8.66. The molecule has 1 N–H and O–H groups in total. The highest BCUT2D eigenvalue weighted by atomic mass is 79.9. The second-order valence-corrected chi connectivity index (χ2v) is 9.42. The predicted molar refractivity (Wildman–Crippen MR) is 108 cm³/mol. The molecule has 1 aromatic carbocycles. The summed E-state index contributed by atoms with van der Waals surface area (Å²) in [6.45, 7) is 5.52. The van der Waals surface area contributed by atoms with E-state index in [0.29, 0.717) is 12.2 Å². The van der Waals surface area contributed by atoms with Gasteiger partial charge in [-0.05, 0) is 44.3 Å². The Morgan fingerprint density at radius 2 is 1.81 bits per heavy atom. The van der Waals surface area contributed by atoms with Crippen LogP contribution >= 0.6 is 15.9 Å². The molecule has 7 nitrogen and oxygen atoms in total. The number of sulfonamides is 1. The van der Waals surface area contributed by atoms with Gasteiger partial charge in [0.25, 0.3) is 0 Å². The quantitative estimate of drug-likeness (QED) is 0.602. The molecule has 146 valence electrons. The van der Waals surface area contributed by atoms with Gasteiger partial charge in [-0.2, -0.15) is 0 Å². The normalized spacial score (nSPS) is 16.4. The highest BCUT2D eigenvalue weighted by Gasteiger charge is 2.20. The van der Waals surface area contributed by atoms with Crippen molar-refractivity contribution in [2.75, 3.05) is 63.4 Å². The van der Waals surface area contributed by atoms with E-state index in [0.717, 1.165) is 54.2 Å². The van der Waals surface area contributed by atoms with Gasteiger partial charge in [-0.1, -0.05) is 15.9 Å². The molecule has 1 heterocycles. The first-order chi connectivity index (χ1) is 12.3. The van der Waals surface area contributed by atoms with Gasteiger partial charge in [0, 0.05) is 37.2 Å². The molecule has 1 fully saturated rings. The maximum Gasteiger partial charge on any atom is 0.240 e. The van der Waals surface area contributed by atoms with Crippen molar-refractivity contribution in [3.63, 3.8) is 0 Å². The van der Waals surface area contributed by atoms with Gasteiger partial charge in [-0.3, -0.25) is 9.10 Å². The predicted octanol–water partition coefficient (Wildman–Crippen LogP) is 0.969. The number of amides is 1. The highest BCUT2D eigenvalue weighted by Crippen LogP contribution is 2.20. The Labute approximate surface area is 164 Å². The molecular formula is C17H27BrN4O3S. The zero-order valence-corrected chi connectivity index (χ0v) is 17.7. The number of anilines is 1. The number of nitrogens with zero attached hydrogens (tertiary/aromatic N) is 3. The largest absolute Gasteiger partial charge is 0.354 e. The highest BCUT2D eigenvalue weighted by molar-refractivity contribution is 9.10. The van der Waals surface area contributed by atoms with E-state index < -0.39 is 10.0 Å². The molecule has 1 amide bonds. The van der Waals surface area contributed by atoms with E-state index in [4.69, 9.17) is 0 Å². The Morgan fingerprint density at radius 3 is 2.38 bits per heavy atom. The number of carbonyl (C=O) groups excluding carboxylic acids is 1. The zero-order valence-electron chi connectivity index (χ0n) is 15.3. The van der Waals surface area contributed by atoms with Crippen LogP contribution < -0.4 is 9.62 Å². The van der Waals surface area contributed by atoms with Crippen molar-refractivity contribution < 1.29 is 13.2 Å². The van der Waals surface area contributed by atoms with Crippen LogP contribution in [-0.4, -0.2) is 83.2 Å². The van der Waals surface area contributed by atoms with Crippen LogP contribution in [0.1, 0.15) is 6.42 Å². The molecule has 0 aromatic heterocycles. The maximum absolute atomic E-state index is 12.2. The van der Waals surface area contributed by atoms with Crippen LogP contribution in [0.25, 0.3) is 0 Å². The average Bonchev–Trinajstić information content (AvgIpc) is 2.58. The summed E-state index contributed by atoms with van der Waals surface area (Å²) in [5, 5.41) is 2.82. The molecule has 0 bridgehead atoms. The van der Waals surface area contributed by atoms with E-state index >= 15 is 0 Å². The van der Waals surface area contributed by atoms with Crippen molar-refractivity contribution >= 4 is 37.5 Å². The molecule has 26 heavy (non-hydrogen) atoms. The molecule has 1 aliphatic rings. The van der Waals surface area contributed by atoms with Gasteiger partial charge in [0.2, 0.25) is 15.9 Å². The van der Waals surface area contributed by atoms with Gasteiger partial charge >= 0.3 is 0 Å². The summed E-state index contributed by atoms with van der Waals surface area (Å²) in [5.41, 5.74) is 0.475. The summed E-state index contributed by atoms with van der Waals surface area (Å²) in [6, 6.07) is 6.85. The Balaban J connectivity index is 1.79. The molecule has 0 spiro atoms. The number of hydrogen-bond donors (Lipinski definition) is 1. The second kappa shape index (κ2) is 9.68. The SMILES string of the molecule is CN1CCN(CCCNC(=O)CN(c2ccc(Br)cc2)S(C)(=O)=O)CC1. The Bertz CT molecular complexity index is 688. The minimum Gasteiger partial charge on any atom is -0.354 e. The van der Waals surface area contributed by atoms with E-state index in [9.17, 15) is 13.2 Å². The van der Waals surface area contributed by atoms with Crippen LogP contribution in [0.3, 0.4) is 0 Å². The van der Waals surface area contributed by atoms with Crippen molar-refractivity contribution in [1.29, 1.82) is 0 Å². The number of nitrogens with one attached hydrogen (secondary N) is 1. The van der Waals surface area contributed by atoms with Crippen LogP contribution in [0.4, 0.5) is 5.69 Å². The molecule has 9 heteroatoms. The van der Waals surface area contributed by atoms with E-state index in [1.165, 1.54) is 0 Å². The Hall–Kier alpha value is -1.16. The smallest absolute Gasteiger partial charge is 0.240 e. The third-order valence-corrected chi connectivity index (χ3v) is 6.04. The zero-order chi connectivity index (χ0) is 19.2. The number of halogens is 1. The van der Waals surface area contributed by atoms with E-state index in [2.05, 4.69) is 38.1 Å². The fourth-order valence-corrected chi connectivity index (χ4v) is 3.92. The minimum absolute atomic E-state index is 0.213. The van der Waals surface area contributed by atoms with Gasteiger partial charge in [0.05, 0.1) is 11.9 Å². The van der Waals surface area contributed by atoms with Crippen molar-refractivity contribution in [2.45, 2.75) is 6.42 Å². The van der Waals surface area contributed by atoms with Crippen LogP contribution in [0.2, 0.25) is 0 Å². The molecule has 1 aromatic rings. The lowest BCUT2D eigenvalue weighted by molar-refractivity contribution is -0.119. The third-order valence-electron chi connectivity index (χ3n) is 4.37. The first-order valence-corrected chi connectivity index (χ1v) is 11.3. The third kappa shape index (κ3) is 6.86. The summed E-state index contributed by atoms with van der Waals surface area (Å²) >= 11 is 3.32. The van der Waals surface area contributed by atoms with Crippen molar-refractivity contribution in [3.8, 4) is 0 Å². The fourth-order valence-electron chi connectivity index (χ4n) is 2.80. The lowest BCUT2D eigenvalue weighted by Crippen LogP contribution is -2.45. The number of piperazine rings is 1. The van der Waals surface area contributed by atoms with Crippen LogP contribution in [0, 0.1) is 0 Å². The second-order valence-electron chi connectivity index (χ2n) is 6.59. The van der Waals surface area contributed by atoms with Gasteiger partial charge < -0.3 is 15.1 Å². The summed E-state index contributed by atoms with van der Waals surface area (Å²) in [6.07, 6.45) is 1.96. The molecule has 2 rings (SSSR count). The summed E-state index contributed by atoms with van der Waals surface area (Å²) < 4.78 is 26.0. The molecular weight excluding hydrogens is 420 g/mol.